The van der Waals surface area contributed by atoms with Gasteiger partial charge >= 0.3 is 12.3 Å². The summed E-state index contributed by atoms with van der Waals surface area (Å²) in [7, 11) is 0. The van der Waals surface area contributed by atoms with Crippen LogP contribution >= 0.6 is 0 Å². The van der Waals surface area contributed by atoms with E-state index in [-0.39, 0.29) is 12.2 Å². The van der Waals surface area contributed by atoms with Crippen molar-refractivity contribution in [3.63, 3.8) is 0 Å². The molecule has 0 aliphatic rings. The van der Waals surface area contributed by atoms with Crippen LogP contribution < -0.4 is 10.1 Å². The minimum absolute atomic E-state index is 0.109. The number of carbonyl (C=O) groups is 2. The molecule has 0 radical (unpaired) electrons. The van der Waals surface area contributed by atoms with Crippen LogP contribution in [0.5, 0.6) is 5.75 Å². The molecular weight excluding hydrogens is 363 g/mol. The van der Waals surface area contributed by atoms with Gasteiger partial charge in [-0.25, -0.2) is 0 Å². The van der Waals surface area contributed by atoms with Gasteiger partial charge in [0.25, 0.3) is 0 Å². The Hall–Kier alpha value is -3.03. The van der Waals surface area contributed by atoms with E-state index in [1.165, 1.54) is 19.1 Å². The fourth-order valence-electron chi connectivity index (χ4n) is 2.52. The van der Waals surface area contributed by atoms with E-state index >= 15 is 0 Å². The topological polar surface area (TPSA) is 75.6 Å². The lowest BCUT2D eigenvalue weighted by Gasteiger charge is -2.23. The van der Waals surface area contributed by atoms with Crippen molar-refractivity contribution in [1.82, 2.24) is 5.32 Å². The number of carboxylic acid groups (broad SMARTS) is 1. The second-order valence-corrected chi connectivity index (χ2v) is 5.95. The maximum Gasteiger partial charge on any atom is 0.573 e. The quantitative estimate of drug-likeness (QED) is 0.767. The number of rotatable bonds is 7. The summed E-state index contributed by atoms with van der Waals surface area (Å²) in [6, 6.07) is 12.9. The lowest BCUT2D eigenvalue weighted by atomic mass is 9.94. The SMILES string of the molecule is CC(C(=O)O)C(NC(=O)Cc1ccc(OC(F)(F)F)cc1)c1ccccc1. The number of alkyl halides is 3. The Kier molecular flexibility index (Phi) is 6.44. The first-order valence-corrected chi connectivity index (χ1v) is 8.07. The van der Waals surface area contributed by atoms with Crippen LogP contribution in [0.4, 0.5) is 13.2 Å². The molecule has 2 aromatic carbocycles. The Morgan fingerprint density at radius 2 is 1.67 bits per heavy atom. The summed E-state index contributed by atoms with van der Waals surface area (Å²) < 4.78 is 40.3. The first-order valence-electron chi connectivity index (χ1n) is 8.07. The minimum Gasteiger partial charge on any atom is -0.481 e. The zero-order valence-corrected chi connectivity index (χ0v) is 14.4. The zero-order valence-electron chi connectivity index (χ0n) is 14.4. The second-order valence-electron chi connectivity index (χ2n) is 5.95. The van der Waals surface area contributed by atoms with Crippen LogP contribution in [0.2, 0.25) is 0 Å². The Labute approximate surface area is 153 Å². The van der Waals surface area contributed by atoms with Crippen molar-refractivity contribution in [2.75, 3.05) is 0 Å². The molecule has 0 aliphatic carbocycles. The van der Waals surface area contributed by atoms with E-state index in [1.807, 2.05) is 0 Å². The summed E-state index contributed by atoms with van der Waals surface area (Å²) in [5.74, 6) is -2.74. The Bertz CT molecular complexity index is 776. The van der Waals surface area contributed by atoms with Crippen LogP contribution in [0, 0.1) is 5.92 Å². The van der Waals surface area contributed by atoms with Crippen LogP contribution in [0.25, 0.3) is 0 Å². The Morgan fingerprint density at radius 3 is 2.19 bits per heavy atom. The van der Waals surface area contributed by atoms with Crippen molar-refractivity contribution in [2.45, 2.75) is 25.7 Å². The summed E-state index contributed by atoms with van der Waals surface area (Å²) in [6.45, 7) is 1.49. The van der Waals surface area contributed by atoms with Crippen molar-refractivity contribution in [1.29, 1.82) is 0 Å². The molecule has 0 heterocycles. The molecule has 2 rings (SSSR count). The normalized spacial score (nSPS) is 13.5. The van der Waals surface area contributed by atoms with Gasteiger partial charge in [0.05, 0.1) is 18.4 Å². The van der Waals surface area contributed by atoms with E-state index < -0.39 is 30.2 Å². The van der Waals surface area contributed by atoms with Crippen LogP contribution in [-0.2, 0) is 16.0 Å². The molecule has 1 amide bonds. The van der Waals surface area contributed by atoms with Crippen molar-refractivity contribution in [3.05, 3.63) is 65.7 Å². The molecule has 27 heavy (non-hydrogen) atoms. The predicted octanol–water partition coefficient (Wildman–Crippen LogP) is 3.71. The molecule has 0 aliphatic heterocycles. The minimum atomic E-state index is -4.78. The van der Waals surface area contributed by atoms with Crippen molar-refractivity contribution in [3.8, 4) is 5.75 Å². The fourth-order valence-corrected chi connectivity index (χ4v) is 2.52. The number of hydrogen-bond donors (Lipinski definition) is 2. The number of amides is 1. The predicted molar refractivity (Wildman–Crippen MR) is 91.0 cm³/mol. The summed E-state index contributed by atoms with van der Waals surface area (Å²) in [4.78, 5) is 23.7. The number of benzene rings is 2. The average molecular weight is 381 g/mol. The van der Waals surface area contributed by atoms with Crippen LogP contribution in [0.1, 0.15) is 24.1 Å². The molecule has 8 heteroatoms. The molecule has 2 atom stereocenters. The molecule has 0 spiro atoms. The molecular formula is C19H18F3NO4. The molecule has 2 N–H and O–H groups in total. The smallest absolute Gasteiger partial charge is 0.481 e. The standard InChI is InChI=1S/C19H18F3NO4/c1-12(18(25)26)17(14-5-3-2-4-6-14)23-16(24)11-13-7-9-15(10-8-13)27-19(20,21)22/h2-10,12,17H,11H2,1H3,(H,23,24)(H,25,26). The monoisotopic (exact) mass is 381 g/mol. The number of nitrogens with one attached hydrogen (secondary N) is 1. The highest BCUT2D eigenvalue weighted by Crippen LogP contribution is 2.24. The molecule has 144 valence electrons. The summed E-state index contributed by atoms with van der Waals surface area (Å²) in [5.41, 5.74) is 1.12. The van der Waals surface area contributed by atoms with Crippen molar-refractivity contribution in [2.24, 2.45) is 5.92 Å². The third-order valence-corrected chi connectivity index (χ3v) is 3.89. The van der Waals surface area contributed by atoms with Gasteiger partial charge < -0.3 is 15.2 Å². The van der Waals surface area contributed by atoms with Gasteiger partial charge in [-0.05, 0) is 30.2 Å². The van der Waals surface area contributed by atoms with Gasteiger partial charge in [-0.3, -0.25) is 9.59 Å². The van der Waals surface area contributed by atoms with E-state index in [9.17, 15) is 27.9 Å². The van der Waals surface area contributed by atoms with Crippen LogP contribution in [-0.4, -0.2) is 23.3 Å². The van der Waals surface area contributed by atoms with E-state index in [0.717, 1.165) is 12.1 Å². The maximum atomic E-state index is 12.3. The third kappa shape index (κ3) is 6.32. The maximum absolute atomic E-state index is 12.3. The van der Waals surface area contributed by atoms with Gasteiger partial charge in [0, 0.05) is 0 Å². The molecule has 0 saturated heterocycles. The lowest BCUT2D eigenvalue weighted by molar-refractivity contribution is -0.274. The van der Waals surface area contributed by atoms with Crippen molar-refractivity contribution < 1.29 is 32.6 Å². The summed E-state index contributed by atoms with van der Waals surface area (Å²) >= 11 is 0. The zero-order chi connectivity index (χ0) is 20.0. The molecule has 0 aromatic heterocycles. The van der Waals surface area contributed by atoms with E-state index in [4.69, 9.17) is 0 Å². The van der Waals surface area contributed by atoms with E-state index in [2.05, 4.69) is 10.1 Å². The highest BCUT2D eigenvalue weighted by Gasteiger charge is 2.31. The Balaban J connectivity index is 2.06. The number of aliphatic carboxylic acids is 1. The second kappa shape index (κ2) is 8.57. The number of carbonyl (C=O) groups excluding carboxylic acids is 1. The van der Waals surface area contributed by atoms with Crippen molar-refractivity contribution >= 4 is 11.9 Å². The fraction of sp³-hybridized carbons (Fsp3) is 0.263. The largest absolute Gasteiger partial charge is 0.573 e. The molecule has 2 aromatic rings. The van der Waals surface area contributed by atoms with Gasteiger partial charge in [-0.2, -0.15) is 0 Å². The van der Waals surface area contributed by atoms with Gasteiger partial charge in [0.2, 0.25) is 5.91 Å². The molecule has 0 bridgehead atoms. The van der Waals surface area contributed by atoms with E-state index in [1.54, 1.807) is 30.3 Å². The first-order chi connectivity index (χ1) is 12.7. The first kappa shape index (κ1) is 20.3. The summed E-state index contributed by atoms with van der Waals surface area (Å²) in [5, 5.41) is 12.0. The third-order valence-electron chi connectivity index (χ3n) is 3.89. The van der Waals surface area contributed by atoms with Gasteiger partial charge in [-0.15, -0.1) is 13.2 Å². The lowest BCUT2D eigenvalue weighted by Crippen LogP contribution is -2.36. The number of ether oxygens (including phenoxy) is 1. The van der Waals surface area contributed by atoms with Crippen LogP contribution in [0.15, 0.2) is 54.6 Å². The molecule has 5 nitrogen and oxygen atoms in total. The number of hydrogen-bond acceptors (Lipinski definition) is 3. The molecule has 0 saturated carbocycles. The molecule has 0 fully saturated rings. The highest BCUT2D eigenvalue weighted by molar-refractivity contribution is 5.80. The van der Waals surface area contributed by atoms with Gasteiger partial charge in [0.15, 0.2) is 0 Å². The van der Waals surface area contributed by atoms with Gasteiger partial charge in [-0.1, -0.05) is 42.5 Å². The van der Waals surface area contributed by atoms with Gasteiger partial charge in [0.1, 0.15) is 5.75 Å². The molecule has 2 unspecified atom stereocenters. The van der Waals surface area contributed by atoms with Crippen LogP contribution in [0.3, 0.4) is 0 Å². The highest BCUT2D eigenvalue weighted by atomic mass is 19.4. The Morgan fingerprint density at radius 1 is 1.07 bits per heavy atom. The van der Waals surface area contributed by atoms with E-state index in [0.29, 0.717) is 11.1 Å². The summed E-state index contributed by atoms with van der Waals surface area (Å²) in [6.07, 6.45) is -4.89. The number of carboxylic acids is 1. The number of halogens is 3. The average Bonchev–Trinajstić information content (AvgIpc) is 2.60.